The number of benzene rings is 1. The number of methoxy groups -OCH3 is 1. The summed E-state index contributed by atoms with van der Waals surface area (Å²) in [6.45, 7) is 0.280. The van der Waals surface area contributed by atoms with Gasteiger partial charge in [-0.15, -0.1) is 0 Å². The zero-order valence-corrected chi connectivity index (χ0v) is 12.0. The van der Waals surface area contributed by atoms with Crippen LogP contribution in [0.2, 0.25) is 0 Å². The lowest BCUT2D eigenvalue weighted by Crippen LogP contribution is -2.45. The van der Waals surface area contributed by atoms with E-state index in [1.54, 1.807) is 18.2 Å². The molecule has 110 valence electrons. The Labute approximate surface area is 117 Å². The first kappa shape index (κ1) is 14.8. The summed E-state index contributed by atoms with van der Waals surface area (Å²) in [6, 6.07) is 4.84. The van der Waals surface area contributed by atoms with E-state index >= 15 is 0 Å². The summed E-state index contributed by atoms with van der Waals surface area (Å²) in [5, 5.41) is 0. The number of sulfone groups is 1. The third kappa shape index (κ3) is 3.29. The molecule has 0 bridgehead atoms. The summed E-state index contributed by atoms with van der Waals surface area (Å²) in [7, 11) is -1.47. The largest absolute Gasteiger partial charge is 0.493 e. The van der Waals surface area contributed by atoms with E-state index in [0.717, 1.165) is 0 Å². The minimum atomic E-state index is -2.95. The molecule has 0 aromatic heterocycles. The lowest BCUT2D eigenvalue weighted by atomic mass is 10.1. The number of nitrogens with two attached hydrogens (primary N) is 1. The number of ketones is 1. The second-order valence-electron chi connectivity index (χ2n) is 4.64. The van der Waals surface area contributed by atoms with Gasteiger partial charge in [0.1, 0.15) is 6.10 Å². The molecule has 1 aromatic rings. The predicted molar refractivity (Wildman–Crippen MR) is 74.1 cm³/mol. The molecule has 1 aliphatic rings. The summed E-state index contributed by atoms with van der Waals surface area (Å²) in [5.41, 5.74) is 5.84. The summed E-state index contributed by atoms with van der Waals surface area (Å²) in [5.74, 6) is 0.768. The molecule has 2 rings (SSSR count). The molecule has 1 aromatic carbocycles. The van der Waals surface area contributed by atoms with Crippen LogP contribution in [-0.4, -0.2) is 45.5 Å². The smallest absolute Gasteiger partial charge is 0.164 e. The molecule has 0 amide bonds. The van der Waals surface area contributed by atoms with Gasteiger partial charge in [-0.2, -0.15) is 0 Å². The van der Waals surface area contributed by atoms with Gasteiger partial charge >= 0.3 is 0 Å². The predicted octanol–water partition coefficient (Wildman–Crippen LogP) is 0.403. The van der Waals surface area contributed by atoms with Crippen LogP contribution in [0.25, 0.3) is 0 Å². The van der Waals surface area contributed by atoms with Gasteiger partial charge in [-0.1, -0.05) is 0 Å². The Morgan fingerprint density at radius 1 is 1.35 bits per heavy atom. The Bertz CT molecular complexity index is 599. The molecule has 1 saturated heterocycles. The van der Waals surface area contributed by atoms with Crippen LogP contribution < -0.4 is 15.2 Å². The molecule has 2 N–H and O–H groups in total. The van der Waals surface area contributed by atoms with Gasteiger partial charge in [0, 0.05) is 12.0 Å². The SMILES string of the molecule is COc1ccc(C(=O)CCN)cc1OC1CS(=O)(=O)C1. The normalized spacial score (nSPS) is 17.3. The maximum absolute atomic E-state index is 11.8. The highest BCUT2D eigenvalue weighted by Crippen LogP contribution is 2.31. The van der Waals surface area contributed by atoms with Crippen LogP contribution in [0.1, 0.15) is 16.8 Å². The van der Waals surface area contributed by atoms with E-state index in [9.17, 15) is 13.2 Å². The van der Waals surface area contributed by atoms with Gasteiger partial charge in [0.25, 0.3) is 0 Å². The minimum Gasteiger partial charge on any atom is -0.493 e. The van der Waals surface area contributed by atoms with Crippen molar-refractivity contribution in [1.29, 1.82) is 0 Å². The zero-order chi connectivity index (χ0) is 14.8. The number of hydrogen-bond acceptors (Lipinski definition) is 6. The highest BCUT2D eigenvalue weighted by atomic mass is 32.2. The third-order valence-electron chi connectivity index (χ3n) is 3.03. The fourth-order valence-corrected chi connectivity index (χ4v) is 3.15. The van der Waals surface area contributed by atoms with Crippen molar-refractivity contribution in [2.24, 2.45) is 5.73 Å². The summed E-state index contributed by atoms with van der Waals surface area (Å²) >= 11 is 0. The van der Waals surface area contributed by atoms with Crippen molar-refractivity contribution in [2.75, 3.05) is 25.2 Å². The fourth-order valence-electron chi connectivity index (χ4n) is 1.98. The lowest BCUT2D eigenvalue weighted by molar-refractivity contribution is 0.0984. The maximum atomic E-state index is 11.8. The molecule has 0 spiro atoms. The van der Waals surface area contributed by atoms with Crippen LogP contribution >= 0.6 is 0 Å². The van der Waals surface area contributed by atoms with Crippen LogP contribution in [0.15, 0.2) is 18.2 Å². The Kier molecular flexibility index (Phi) is 4.29. The molecule has 1 heterocycles. The first-order valence-electron chi connectivity index (χ1n) is 6.23. The Balaban J connectivity index is 2.17. The van der Waals surface area contributed by atoms with Crippen LogP contribution in [0, 0.1) is 0 Å². The molecule has 0 saturated carbocycles. The van der Waals surface area contributed by atoms with Gasteiger partial charge in [0.2, 0.25) is 0 Å². The van der Waals surface area contributed by atoms with Gasteiger partial charge in [-0.05, 0) is 24.7 Å². The van der Waals surface area contributed by atoms with Gasteiger partial charge in [0.05, 0.1) is 18.6 Å². The van der Waals surface area contributed by atoms with Gasteiger partial charge in [-0.25, -0.2) is 8.42 Å². The Morgan fingerprint density at radius 3 is 2.60 bits per heavy atom. The summed E-state index contributed by atoms with van der Waals surface area (Å²) in [4.78, 5) is 11.8. The van der Waals surface area contributed by atoms with Crippen molar-refractivity contribution in [1.82, 2.24) is 0 Å². The van der Waals surface area contributed by atoms with E-state index in [2.05, 4.69) is 0 Å². The van der Waals surface area contributed by atoms with E-state index in [0.29, 0.717) is 17.1 Å². The number of carbonyl (C=O) groups is 1. The summed E-state index contributed by atoms with van der Waals surface area (Å²) < 4.78 is 33.0. The Hall–Kier alpha value is -1.60. The minimum absolute atomic E-state index is 0.00285. The number of hydrogen-bond donors (Lipinski definition) is 1. The molecule has 7 heteroatoms. The molecule has 0 radical (unpaired) electrons. The van der Waals surface area contributed by atoms with Crippen molar-refractivity contribution < 1.29 is 22.7 Å². The monoisotopic (exact) mass is 299 g/mol. The molecule has 0 atom stereocenters. The fraction of sp³-hybridized carbons (Fsp3) is 0.462. The van der Waals surface area contributed by atoms with Crippen molar-refractivity contribution in [3.05, 3.63) is 23.8 Å². The van der Waals surface area contributed by atoms with Crippen LogP contribution in [0.3, 0.4) is 0 Å². The quantitative estimate of drug-likeness (QED) is 0.764. The van der Waals surface area contributed by atoms with Gasteiger partial charge < -0.3 is 15.2 Å². The second kappa shape index (κ2) is 5.80. The van der Waals surface area contributed by atoms with Crippen LogP contribution in [-0.2, 0) is 9.84 Å². The number of ether oxygens (including phenoxy) is 2. The zero-order valence-electron chi connectivity index (χ0n) is 11.2. The average molecular weight is 299 g/mol. The molecule has 0 aliphatic carbocycles. The molecule has 1 aliphatic heterocycles. The standard InChI is InChI=1S/C13H17NO5S/c1-18-12-3-2-9(11(15)4-5-14)6-13(12)19-10-7-20(16,17)8-10/h2-3,6,10H,4-5,7-8,14H2,1H3. The highest BCUT2D eigenvalue weighted by molar-refractivity contribution is 7.92. The van der Waals surface area contributed by atoms with E-state index in [1.165, 1.54) is 7.11 Å². The maximum Gasteiger partial charge on any atom is 0.164 e. The van der Waals surface area contributed by atoms with Crippen molar-refractivity contribution in [2.45, 2.75) is 12.5 Å². The number of rotatable bonds is 6. The van der Waals surface area contributed by atoms with Gasteiger partial charge in [-0.3, -0.25) is 4.79 Å². The van der Waals surface area contributed by atoms with Crippen molar-refractivity contribution >= 4 is 15.6 Å². The molecule has 0 unspecified atom stereocenters. The highest BCUT2D eigenvalue weighted by Gasteiger charge is 2.35. The van der Waals surface area contributed by atoms with Crippen LogP contribution in [0.4, 0.5) is 0 Å². The van der Waals surface area contributed by atoms with E-state index in [4.69, 9.17) is 15.2 Å². The first-order valence-corrected chi connectivity index (χ1v) is 8.05. The molecule has 6 nitrogen and oxygen atoms in total. The van der Waals surface area contributed by atoms with E-state index in [1.807, 2.05) is 0 Å². The Morgan fingerprint density at radius 2 is 2.05 bits per heavy atom. The topological polar surface area (TPSA) is 95.7 Å². The van der Waals surface area contributed by atoms with Crippen molar-refractivity contribution in [3.63, 3.8) is 0 Å². The second-order valence-corrected chi connectivity index (χ2v) is 6.80. The number of Topliss-reactive ketones (excluding diaryl/α,β-unsaturated/α-hetero) is 1. The van der Waals surface area contributed by atoms with Gasteiger partial charge in [0.15, 0.2) is 27.1 Å². The average Bonchev–Trinajstić information content (AvgIpc) is 2.36. The molecule has 1 fully saturated rings. The van der Waals surface area contributed by atoms with E-state index < -0.39 is 9.84 Å². The molecule has 20 heavy (non-hydrogen) atoms. The third-order valence-corrected chi connectivity index (χ3v) is 4.79. The van der Waals surface area contributed by atoms with Crippen LogP contribution in [0.5, 0.6) is 11.5 Å². The van der Waals surface area contributed by atoms with Crippen molar-refractivity contribution in [3.8, 4) is 11.5 Å². The summed E-state index contributed by atoms with van der Waals surface area (Å²) in [6.07, 6.45) is -0.127. The first-order chi connectivity index (χ1) is 9.45. The van der Waals surface area contributed by atoms with E-state index in [-0.39, 0.29) is 36.4 Å². The molecular weight excluding hydrogens is 282 g/mol. The lowest BCUT2D eigenvalue weighted by Gasteiger charge is -2.27. The number of carbonyl (C=O) groups excluding carboxylic acids is 1. The molecular formula is C13H17NO5S.